The van der Waals surface area contributed by atoms with Gasteiger partial charge < -0.3 is 14.4 Å². The van der Waals surface area contributed by atoms with Gasteiger partial charge in [0, 0.05) is 6.07 Å². The summed E-state index contributed by atoms with van der Waals surface area (Å²) >= 11 is 0. The normalized spacial score (nSPS) is 15.2. The maximum absolute atomic E-state index is 11.0. The molecule has 0 saturated carbocycles. The summed E-state index contributed by atoms with van der Waals surface area (Å²) < 4.78 is 28.8. The zero-order valence-corrected chi connectivity index (χ0v) is 9.58. The minimum atomic E-state index is -5.27. The molecule has 1 aromatic rings. The molecule has 0 aliphatic carbocycles. The summed E-state index contributed by atoms with van der Waals surface area (Å²) in [4.78, 5) is 48.7. The lowest BCUT2D eigenvalue weighted by Gasteiger charge is -2.12. The van der Waals surface area contributed by atoms with E-state index in [4.69, 9.17) is 14.7 Å². The molecule has 0 bridgehead atoms. The van der Waals surface area contributed by atoms with Crippen molar-refractivity contribution in [1.82, 2.24) is 9.71 Å². The van der Waals surface area contributed by atoms with Crippen LogP contribution in [0.25, 0.3) is 0 Å². The number of nitrogens with one attached hydrogen (secondary N) is 1. The molecule has 13 heteroatoms. The average molecular weight is 288 g/mol. The molecule has 0 radical (unpaired) electrons. The van der Waals surface area contributed by atoms with Gasteiger partial charge in [0.15, 0.2) is 0 Å². The van der Waals surface area contributed by atoms with Crippen molar-refractivity contribution < 1.29 is 32.7 Å². The number of H-pyrrole nitrogens is 1. The van der Waals surface area contributed by atoms with Crippen molar-refractivity contribution in [3.63, 3.8) is 0 Å². The minimum Gasteiger partial charge on any atom is -0.307 e. The van der Waals surface area contributed by atoms with Gasteiger partial charge in [0.05, 0.1) is 6.20 Å². The molecule has 17 heavy (non-hydrogen) atoms. The van der Waals surface area contributed by atoms with Crippen LogP contribution >= 0.6 is 15.6 Å². The molecule has 0 fully saturated rings. The second-order valence-electron chi connectivity index (χ2n) is 2.56. The predicted octanol–water partition coefficient (Wildman–Crippen LogP) is -1.83. The maximum atomic E-state index is 11.0. The van der Waals surface area contributed by atoms with Gasteiger partial charge in [0.1, 0.15) is 0 Å². The van der Waals surface area contributed by atoms with E-state index in [1.165, 1.54) is 0 Å². The summed E-state index contributed by atoms with van der Waals surface area (Å²) in [5.74, 6) is 0. The molecule has 96 valence electrons. The molecule has 1 aromatic heterocycles. The third-order valence-corrected chi connectivity index (χ3v) is 3.25. The topological polar surface area (TPSA) is 168 Å². The first-order valence-electron chi connectivity index (χ1n) is 3.71. The Morgan fingerprint density at radius 3 is 2.29 bits per heavy atom. The Balaban J connectivity index is 2.99. The van der Waals surface area contributed by atoms with Gasteiger partial charge in [0.2, 0.25) is 0 Å². The fourth-order valence-corrected chi connectivity index (χ4v) is 2.28. The number of aromatic amines is 1. The lowest BCUT2D eigenvalue weighted by molar-refractivity contribution is 0.156. The highest BCUT2D eigenvalue weighted by molar-refractivity contribution is 7.60. The largest absolute Gasteiger partial charge is 0.555 e. The summed E-state index contributed by atoms with van der Waals surface area (Å²) in [5, 5.41) is 0. The molecular weight excluding hydrogens is 282 g/mol. The molecule has 0 spiro atoms. The minimum absolute atomic E-state index is 0.0812. The van der Waals surface area contributed by atoms with Gasteiger partial charge in [-0.25, -0.2) is 13.9 Å². The monoisotopic (exact) mass is 288 g/mol. The summed E-state index contributed by atoms with van der Waals surface area (Å²) in [6.45, 7) is 0. The molecule has 0 amide bonds. The van der Waals surface area contributed by atoms with Gasteiger partial charge in [-0.2, -0.15) is 4.31 Å². The number of rotatable bonds is 4. The van der Waals surface area contributed by atoms with Crippen molar-refractivity contribution >= 4 is 15.6 Å². The standard InChI is InChI=1S/C4H6N2O9P2/c7-3-1-2-6(4(8)5-3)14-17(12,13)15-16(9,10)11/h1-2H,(H,12,13)(H,5,7,8)(H2,9,10,11). The van der Waals surface area contributed by atoms with Crippen molar-refractivity contribution in [3.8, 4) is 0 Å². The Hall–Kier alpha value is -1.22. The number of hydrogen-bond donors (Lipinski definition) is 4. The number of aromatic nitrogens is 2. The average Bonchev–Trinajstić information content (AvgIpc) is 2.05. The van der Waals surface area contributed by atoms with Crippen LogP contribution in [0.15, 0.2) is 21.9 Å². The smallest absolute Gasteiger partial charge is 0.307 e. The van der Waals surface area contributed by atoms with Gasteiger partial charge in [-0.05, 0) is 0 Å². The highest BCUT2D eigenvalue weighted by atomic mass is 31.3. The lowest BCUT2D eigenvalue weighted by atomic mass is 10.7. The van der Waals surface area contributed by atoms with Gasteiger partial charge in [0.25, 0.3) is 5.56 Å². The number of hydrogen-bond acceptors (Lipinski definition) is 6. The molecule has 0 saturated heterocycles. The Morgan fingerprint density at radius 1 is 1.24 bits per heavy atom. The second kappa shape index (κ2) is 4.57. The first-order chi connectivity index (χ1) is 7.59. The van der Waals surface area contributed by atoms with Crippen LogP contribution in [-0.4, -0.2) is 24.4 Å². The van der Waals surface area contributed by atoms with E-state index in [1.54, 1.807) is 4.98 Å². The predicted molar refractivity (Wildman–Crippen MR) is 50.9 cm³/mol. The van der Waals surface area contributed by atoms with E-state index in [0.717, 1.165) is 6.07 Å². The number of nitrogens with zero attached hydrogens (tertiary/aromatic N) is 1. The van der Waals surface area contributed by atoms with Gasteiger partial charge in [-0.3, -0.25) is 14.7 Å². The molecule has 1 unspecified atom stereocenters. The fraction of sp³-hybridized carbons (Fsp3) is 0. The maximum Gasteiger partial charge on any atom is 0.555 e. The van der Waals surface area contributed by atoms with Crippen LogP contribution < -0.4 is 15.9 Å². The van der Waals surface area contributed by atoms with Crippen LogP contribution in [0, 0.1) is 0 Å². The quantitative estimate of drug-likeness (QED) is 0.465. The molecule has 11 nitrogen and oxygen atoms in total. The molecule has 0 aliphatic rings. The van der Waals surface area contributed by atoms with Crippen molar-refractivity contribution in [3.05, 3.63) is 33.1 Å². The Labute approximate surface area is 92.1 Å². The molecule has 0 aliphatic heterocycles. The third kappa shape index (κ3) is 4.65. The third-order valence-electron chi connectivity index (χ3n) is 1.19. The van der Waals surface area contributed by atoms with Gasteiger partial charge in [-0.1, -0.05) is 0 Å². The van der Waals surface area contributed by atoms with E-state index < -0.39 is 26.9 Å². The van der Waals surface area contributed by atoms with Gasteiger partial charge in [-0.15, -0.1) is 4.73 Å². The molecule has 1 atom stereocenters. The van der Waals surface area contributed by atoms with Crippen molar-refractivity contribution in [2.45, 2.75) is 0 Å². The summed E-state index contributed by atoms with van der Waals surface area (Å²) in [5.41, 5.74) is -2.01. The zero-order valence-electron chi connectivity index (χ0n) is 7.79. The highest BCUT2D eigenvalue weighted by Crippen LogP contribution is 2.55. The second-order valence-corrected chi connectivity index (χ2v) is 5.29. The van der Waals surface area contributed by atoms with E-state index in [-0.39, 0.29) is 4.73 Å². The SMILES string of the molecule is O=c1ccn(OP(=O)(O)OP(=O)(O)O)c(=O)[nH]1. The van der Waals surface area contributed by atoms with Crippen molar-refractivity contribution in [2.75, 3.05) is 0 Å². The molecule has 1 rings (SSSR count). The molecular formula is C4H6N2O9P2. The van der Waals surface area contributed by atoms with Crippen molar-refractivity contribution in [1.29, 1.82) is 0 Å². The van der Waals surface area contributed by atoms with Crippen LogP contribution in [0.2, 0.25) is 0 Å². The van der Waals surface area contributed by atoms with Crippen molar-refractivity contribution in [2.24, 2.45) is 0 Å². The fourth-order valence-electron chi connectivity index (χ4n) is 0.730. The van der Waals surface area contributed by atoms with E-state index in [9.17, 15) is 18.7 Å². The Bertz CT molecular complexity index is 610. The first-order valence-corrected chi connectivity index (χ1v) is 6.73. The molecule has 4 N–H and O–H groups in total. The van der Waals surface area contributed by atoms with Crippen LogP contribution in [0.5, 0.6) is 0 Å². The summed E-state index contributed by atoms with van der Waals surface area (Å²) in [6.07, 6.45) is 0.674. The van der Waals surface area contributed by atoms with Crippen LogP contribution in [0.3, 0.4) is 0 Å². The van der Waals surface area contributed by atoms with Gasteiger partial charge >= 0.3 is 21.3 Å². The summed E-state index contributed by atoms with van der Waals surface area (Å²) in [6, 6.07) is 0.777. The lowest BCUT2D eigenvalue weighted by Crippen LogP contribution is -2.32. The van der Waals surface area contributed by atoms with Crippen LogP contribution in [0.1, 0.15) is 0 Å². The Morgan fingerprint density at radius 2 is 1.82 bits per heavy atom. The molecule has 0 aromatic carbocycles. The zero-order chi connectivity index (χ0) is 13.3. The summed E-state index contributed by atoms with van der Waals surface area (Å²) in [7, 11) is -10.5. The highest BCUT2D eigenvalue weighted by Gasteiger charge is 2.34. The number of phosphoric acid groups is 2. The Kier molecular flexibility index (Phi) is 3.72. The van der Waals surface area contributed by atoms with E-state index in [1.807, 2.05) is 0 Å². The van der Waals surface area contributed by atoms with E-state index >= 15 is 0 Å². The van der Waals surface area contributed by atoms with E-state index in [2.05, 4.69) is 8.94 Å². The van der Waals surface area contributed by atoms with E-state index in [0.29, 0.717) is 6.20 Å². The van der Waals surface area contributed by atoms with Crippen LogP contribution in [0.4, 0.5) is 0 Å². The molecule has 1 heterocycles. The van der Waals surface area contributed by atoms with Crippen LogP contribution in [-0.2, 0) is 13.4 Å². The first kappa shape index (κ1) is 13.8.